The second-order valence-electron chi connectivity index (χ2n) is 8.98. The number of carbonyl (C=O) groups excluding carboxylic acids is 1. The fourth-order valence-corrected chi connectivity index (χ4v) is 6.41. The second-order valence-corrected chi connectivity index (χ2v) is 10.9. The Labute approximate surface area is 222 Å². The molecule has 9 nitrogen and oxygen atoms in total. The van der Waals surface area contributed by atoms with Gasteiger partial charge in [-0.05, 0) is 30.7 Å². The maximum absolute atomic E-state index is 13.1. The van der Waals surface area contributed by atoms with Crippen LogP contribution in [0.3, 0.4) is 0 Å². The molecule has 1 amide bonds. The van der Waals surface area contributed by atoms with Crippen molar-refractivity contribution >= 4 is 29.0 Å². The number of thiazole rings is 1. The zero-order valence-electron chi connectivity index (χ0n) is 20.4. The predicted octanol–water partition coefficient (Wildman–Crippen LogP) is 4.37. The maximum Gasteiger partial charge on any atom is 0.273 e. The summed E-state index contributed by atoms with van der Waals surface area (Å²) in [6.45, 7) is 4.55. The van der Waals surface area contributed by atoms with Crippen molar-refractivity contribution in [3.05, 3.63) is 70.4 Å². The van der Waals surface area contributed by atoms with Crippen LogP contribution < -0.4 is 0 Å². The maximum atomic E-state index is 13.1. The van der Waals surface area contributed by atoms with Gasteiger partial charge in [0.25, 0.3) is 5.91 Å². The minimum Gasteiger partial charge on any atom is -0.347 e. The number of pyridine rings is 1. The number of rotatable bonds is 6. The standard InChI is InChI=1S/C26H26N6O3S2/c1-18-4-2-3-5-21(18)32-23(19-6-10-27-11-7-19)29-30-25(32)37-17-22-28-20(16-36-22)24(33)31-12-8-26(9-13-31)34-14-15-35-26/h2-7,10-11,16H,8-9,12-15,17H2,1H3. The van der Waals surface area contributed by atoms with Crippen molar-refractivity contribution in [3.63, 3.8) is 0 Å². The number of piperidine rings is 1. The molecule has 37 heavy (non-hydrogen) atoms. The van der Waals surface area contributed by atoms with E-state index in [-0.39, 0.29) is 5.91 Å². The number of hydrogen-bond acceptors (Lipinski definition) is 9. The summed E-state index contributed by atoms with van der Waals surface area (Å²) in [4.78, 5) is 23.7. The minimum absolute atomic E-state index is 0.0385. The van der Waals surface area contributed by atoms with E-state index in [2.05, 4.69) is 43.8 Å². The Morgan fingerprint density at radius 3 is 2.59 bits per heavy atom. The van der Waals surface area contributed by atoms with E-state index in [0.29, 0.717) is 50.6 Å². The average Bonchev–Trinajstić information content (AvgIpc) is 3.69. The van der Waals surface area contributed by atoms with E-state index in [1.165, 1.54) is 11.3 Å². The molecule has 2 saturated heterocycles. The monoisotopic (exact) mass is 534 g/mol. The lowest BCUT2D eigenvalue weighted by atomic mass is 10.0. The summed E-state index contributed by atoms with van der Waals surface area (Å²) in [5, 5.41) is 12.5. The molecule has 3 aromatic heterocycles. The van der Waals surface area contributed by atoms with Crippen LogP contribution in [0.2, 0.25) is 0 Å². The Balaban J connectivity index is 1.18. The third kappa shape index (κ3) is 4.91. The molecule has 1 aromatic carbocycles. The molecule has 2 aliphatic rings. The van der Waals surface area contributed by atoms with Crippen LogP contribution in [0.4, 0.5) is 0 Å². The van der Waals surface area contributed by atoms with Gasteiger partial charge in [-0.1, -0.05) is 30.0 Å². The highest BCUT2D eigenvalue weighted by Gasteiger charge is 2.41. The average molecular weight is 535 g/mol. The summed E-state index contributed by atoms with van der Waals surface area (Å²) in [6.07, 6.45) is 4.89. The SMILES string of the molecule is Cc1ccccc1-n1c(SCc2nc(C(=O)N3CCC4(CC3)OCCO4)cs2)nnc1-c1ccncc1. The van der Waals surface area contributed by atoms with E-state index < -0.39 is 5.79 Å². The first-order valence-electron chi connectivity index (χ1n) is 12.2. The van der Waals surface area contributed by atoms with Crippen molar-refractivity contribution in [2.45, 2.75) is 36.5 Å². The molecule has 0 N–H and O–H groups in total. The van der Waals surface area contributed by atoms with Crippen molar-refractivity contribution < 1.29 is 14.3 Å². The Kier molecular flexibility index (Phi) is 6.76. The number of aryl methyl sites for hydroxylation is 1. The van der Waals surface area contributed by atoms with E-state index in [1.54, 1.807) is 24.2 Å². The van der Waals surface area contributed by atoms with Crippen LogP contribution in [0.25, 0.3) is 17.1 Å². The van der Waals surface area contributed by atoms with Crippen LogP contribution in [0.15, 0.2) is 59.3 Å². The molecule has 0 radical (unpaired) electrons. The number of para-hydroxylation sites is 1. The molecule has 190 valence electrons. The van der Waals surface area contributed by atoms with Gasteiger partial charge >= 0.3 is 0 Å². The van der Waals surface area contributed by atoms with E-state index in [1.807, 2.05) is 34.5 Å². The van der Waals surface area contributed by atoms with Crippen molar-refractivity contribution in [1.29, 1.82) is 0 Å². The zero-order valence-corrected chi connectivity index (χ0v) is 22.0. The van der Waals surface area contributed by atoms with Crippen molar-refractivity contribution in [2.75, 3.05) is 26.3 Å². The highest BCUT2D eigenvalue weighted by molar-refractivity contribution is 7.98. The third-order valence-corrected chi connectivity index (χ3v) is 8.62. The number of likely N-dealkylation sites (tertiary alicyclic amines) is 1. The Bertz CT molecular complexity index is 1390. The topological polar surface area (TPSA) is 95.3 Å². The molecule has 0 aliphatic carbocycles. The molecule has 1 spiro atoms. The second kappa shape index (κ2) is 10.3. The lowest BCUT2D eigenvalue weighted by Gasteiger charge is -2.37. The Morgan fingerprint density at radius 2 is 1.84 bits per heavy atom. The normalized spacial score (nSPS) is 16.9. The number of carbonyl (C=O) groups is 1. The van der Waals surface area contributed by atoms with Crippen LogP contribution >= 0.6 is 23.1 Å². The summed E-state index contributed by atoms with van der Waals surface area (Å²) >= 11 is 3.05. The predicted molar refractivity (Wildman–Crippen MR) is 141 cm³/mol. The van der Waals surface area contributed by atoms with Crippen LogP contribution in [0.1, 0.15) is 33.9 Å². The van der Waals surface area contributed by atoms with E-state index in [9.17, 15) is 4.79 Å². The van der Waals surface area contributed by atoms with Crippen LogP contribution in [0, 0.1) is 6.92 Å². The number of thioether (sulfide) groups is 1. The van der Waals surface area contributed by atoms with Crippen molar-refractivity contribution in [3.8, 4) is 17.1 Å². The molecule has 0 unspecified atom stereocenters. The summed E-state index contributed by atoms with van der Waals surface area (Å²) in [5.41, 5.74) is 3.58. The van der Waals surface area contributed by atoms with Gasteiger partial charge in [-0.25, -0.2) is 4.98 Å². The fraction of sp³-hybridized carbons (Fsp3) is 0.346. The van der Waals surface area contributed by atoms with Gasteiger partial charge in [-0.3, -0.25) is 14.3 Å². The molecule has 2 aliphatic heterocycles. The van der Waals surface area contributed by atoms with E-state index in [0.717, 1.165) is 32.8 Å². The van der Waals surface area contributed by atoms with Gasteiger partial charge in [-0.2, -0.15) is 0 Å². The highest BCUT2D eigenvalue weighted by Crippen LogP contribution is 2.33. The van der Waals surface area contributed by atoms with E-state index >= 15 is 0 Å². The first kappa shape index (κ1) is 24.2. The molecule has 5 heterocycles. The molecular formula is C26H26N6O3S2. The number of nitrogens with zero attached hydrogens (tertiary/aromatic N) is 6. The summed E-state index contributed by atoms with van der Waals surface area (Å²) < 4.78 is 13.6. The molecule has 0 saturated carbocycles. The summed E-state index contributed by atoms with van der Waals surface area (Å²) in [5.74, 6) is 0.807. The number of hydrogen-bond donors (Lipinski definition) is 0. The van der Waals surface area contributed by atoms with Crippen LogP contribution in [-0.2, 0) is 15.2 Å². The molecule has 4 aromatic rings. The Morgan fingerprint density at radius 1 is 1.08 bits per heavy atom. The lowest BCUT2D eigenvalue weighted by molar-refractivity contribution is -0.181. The van der Waals surface area contributed by atoms with Crippen molar-refractivity contribution in [1.82, 2.24) is 29.6 Å². The van der Waals surface area contributed by atoms with Gasteiger partial charge < -0.3 is 14.4 Å². The molecule has 2 fully saturated rings. The van der Waals surface area contributed by atoms with Crippen LogP contribution in [0.5, 0.6) is 0 Å². The first-order chi connectivity index (χ1) is 18.1. The number of aromatic nitrogens is 5. The van der Waals surface area contributed by atoms with Gasteiger partial charge in [0.05, 0.1) is 24.7 Å². The largest absolute Gasteiger partial charge is 0.347 e. The van der Waals surface area contributed by atoms with Gasteiger partial charge in [0.2, 0.25) is 0 Å². The smallest absolute Gasteiger partial charge is 0.273 e. The van der Waals surface area contributed by atoms with E-state index in [4.69, 9.17) is 9.47 Å². The summed E-state index contributed by atoms with van der Waals surface area (Å²) in [6, 6.07) is 12.0. The van der Waals surface area contributed by atoms with Gasteiger partial charge in [-0.15, -0.1) is 21.5 Å². The molecule has 0 bridgehead atoms. The van der Waals surface area contributed by atoms with Gasteiger partial charge in [0, 0.05) is 49.3 Å². The number of ether oxygens (including phenoxy) is 2. The van der Waals surface area contributed by atoms with Gasteiger partial charge in [0.15, 0.2) is 16.8 Å². The van der Waals surface area contributed by atoms with Crippen molar-refractivity contribution in [2.24, 2.45) is 0 Å². The first-order valence-corrected chi connectivity index (χ1v) is 14.0. The highest BCUT2D eigenvalue weighted by atomic mass is 32.2. The lowest BCUT2D eigenvalue weighted by Crippen LogP contribution is -2.47. The zero-order chi connectivity index (χ0) is 25.2. The molecular weight excluding hydrogens is 508 g/mol. The number of amides is 1. The van der Waals surface area contributed by atoms with Crippen LogP contribution in [-0.4, -0.2) is 67.6 Å². The molecule has 0 atom stereocenters. The fourth-order valence-electron chi connectivity index (χ4n) is 4.68. The van der Waals surface area contributed by atoms with Gasteiger partial charge in [0.1, 0.15) is 10.7 Å². The quantitative estimate of drug-likeness (QED) is 0.337. The number of benzene rings is 1. The third-order valence-electron chi connectivity index (χ3n) is 6.65. The molecule has 6 rings (SSSR count). The minimum atomic E-state index is -0.497. The Hall–Kier alpha value is -3.12. The molecule has 11 heteroatoms. The summed E-state index contributed by atoms with van der Waals surface area (Å²) in [7, 11) is 0.